The predicted molar refractivity (Wildman–Crippen MR) is 45.3 cm³/mol. The number of aliphatic hydroxyl groups is 4. The lowest BCUT2D eigenvalue weighted by Gasteiger charge is -2.37. The van der Waals surface area contributed by atoms with Crippen LogP contribution in [0.4, 0.5) is 0 Å². The third-order valence-electron chi connectivity index (χ3n) is 2.06. The zero-order valence-electron chi connectivity index (χ0n) is 7.46. The molecule has 90 valence electrons. The SMILES string of the molecule is O=S(=O)(O)C[C@H]1O[C@@H](O)[C@H](O)[C@@H](O)[C@H]1O. The molecular formula is C6H12O8S. The highest BCUT2D eigenvalue weighted by atomic mass is 32.2. The molecule has 0 aliphatic carbocycles. The zero-order valence-corrected chi connectivity index (χ0v) is 8.28. The van der Waals surface area contributed by atoms with Crippen molar-refractivity contribution in [2.45, 2.75) is 30.7 Å². The van der Waals surface area contributed by atoms with Crippen LogP contribution < -0.4 is 0 Å². The Morgan fingerprint density at radius 2 is 1.53 bits per heavy atom. The standard InChI is InChI=1S/C6H12O8S/c7-3-2(1-15(11,12)13)14-6(10)5(9)4(3)8/h2-10H,1H2,(H,11,12,13)/t2-,3+,4+,5-,6-/m1/s1. The molecular weight excluding hydrogens is 232 g/mol. The van der Waals surface area contributed by atoms with E-state index in [1.54, 1.807) is 0 Å². The summed E-state index contributed by atoms with van der Waals surface area (Å²) in [6.07, 6.45) is -8.47. The quantitative estimate of drug-likeness (QED) is 0.317. The first-order valence-corrected chi connectivity index (χ1v) is 5.66. The molecule has 1 aliphatic heterocycles. The van der Waals surface area contributed by atoms with Crippen molar-refractivity contribution in [2.24, 2.45) is 0 Å². The predicted octanol–water partition coefficient (Wildman–Crippen LogP) is -3.33. The highest BCUT2D eigenvalue weighted by Gasteiger charge is 2.44. The number of hydrogen-bond donors (Lipinski definition) is 5. The smallest absolute Gasteiger partial charge is 0.267 e. The molecule has 0 amide bonds. The Balaban J connectivity index is 2.75. The molecule has 0 aromatic heterocycles. The number of ether oxygens (including phenoxy) is 1. The van der Waals surface area contributed by atoms with Crippen molar-refractivity contribution in [1.82, 2.24) is 0 Å². The van der Waals surface area contributed by atoms with Crippen molar-refractivity contribution in [3.05, 3.63) is 0 Å². The van der Waals surface area contributed by atoms with E-state index in [1.165, 1.54) is 0 Å². The largest absolute Gasteiger partial charge is 0.388 e. The third kappa shape index (κ3) is 3.08. The lowest BCUT2D eigenvalue weighted by Crippen LogP contribution is -2.59. The van der Waals surface area contributed by atoms with Gasteiger partial charge in [-0.15, -0.1) is 0 Å². The van der Waals surface area contributed by atoms with Gasteiger partial charge in [-0.25, -0.2) is 0 Å². The minimum atomic E-state index is -4.41. The molecule has 0 saturated carbocycles. The summed E-state index contributed by atoms with van der Waals surface area (Å²) >= 11 is 0. The molecule has 1 heterocycles. The van der Waals surface area contributed by atoms with Crippen molar-refractivity contribution in [2.75, 3.05) is 5.75 Å². The summed E-state index contributed by atoms with van der Waals surface area (Å²) in [6, 6.07) is 0. The van der Waals surface area contributed by atoms with Crippen molar-refractivity contribution >= 4 is 10.1 Å². The van der Waals surface area contributed by atoms with Crippen LogP contribution in [-0.2, 0) is 14.9 Å². The molecule has 5 atom stereocenters. The monoisotopic (exact) mass is 244 g/mol. The Hall–Kier alpha value is -0.290. The van der Waals surface area contributed by atoms with E-state index in [-0.39, 0.29) is 0 Å². The Labute approximate surface area is 85.5 Å². The Kier molecular flexibility index (Phi) is 3.66. The van der Waals surface area contributed by atoms with Gasteiger partial charge in [-0.05, 0) is 0 Å². The van der Waals surface area contributed by atoms with Crippen molar-refractivity contribution in [3.63, 3.8) is 0 Å². The van der Waals surface area contributed by atoms with E-state index in [4.69, 9.17) is 19.9 Å². The minimum Gasteiger partial charge on any atom is -0.388 e. The van der Waals surface area contributed by atoms with E-state index < -0.39 is 46.6 Å². The van der Waals surface area contributed by atoms with Crippen LogP contribution >= 0.6 is 0 Å². The van der Waals surface area contributed by atoms with Crippen LogP contribution in [0.3, 0.4) is 0 Å². The first kappa shape index (κ1) is 12.8. The first-order chi connectivity index (χ1) is 6.72. The van der Waals surface area contributed by atoms with Crippen LogP contribution in [0, 0.1) is 0 Å². The molecule has 15 heavy (non-hydrogen) atoms. The fourth-order valence-electron chi connectivity index (χ4n) is 1.28. The summed E-state index contributed by atoms with van der Waals surface area (Å²) in [5.74, 6) is -0.977. The highest BCUT2D eigenvalue weighted by Crippen LogP contribution is 2.20. The van der Waals surface area contributed by atoms with Crippen LogP contribution in [0.2, 0.25) is 0 Å². The van der Waals surface area contributed by atoms with Crippen molar-refractivity contribution < 1.29 is 38.1 Å². The van der Waals surface area contributed by atoms with Crippen LogP contribution in [0.1, 0.15) is 0 Å². The van der Waals surface area contributed by atoms with E-state index in [1.807, 2.05) is 0 Å². The second kappa shape index (κ2) is 4.29. The minimum absolute atomic E-state index is 0.977. The van der Waals surface area contributed by atoms with Gasteiger partial charge in [-0.1, -0.05) is 0 Å². The van der Waals surface area contributed by atoms with Gasteiger partial charge in [-0.3, -0.25) is 4.55 Å². The van der Waals surface area contributed by atoms with Gasteiger partial charge in [0.15, 0.2) is 6.29 Å². The second-order valence-electron chi connectivity index (χ2n) is 3.29. The van der Waals surface area contributed by atoms with Crippen LogP contribution in [0.15, 0.2) is 0 Å². The van der Waals surface area contributed by atoms with E-state index in [2.05, 4.69) is 4.74 Å². The van der Waals surface area contributed by atoms with Crippen molar-refractivity contribution in [1.29, 1.82) is 0 Å². The lowest BCUT2D eigenvalue weighted by molar-refractivity contribution is -0.276. The van der Waals surface area contributed by atoms with Crippen molar-refractivity contribution in [3.8, 4) is 0 Å². The topological polar surface area (TPSA) is 145 Å². The van der Waals surface area contributed by atoms with E-state index in [0.717, 1.165) is 0 Å². The first-order valence-electron chi connectivity index (χ1n) is 4.05. The van der Waals surface area contributed by atoms with Gasteiger partial charge in [-0.2, -0.15) is 8.42 Å². The number of aliphatic hydroxyl groups excluding tert-OH is 4. The Bertz CT molecular complexity index is 313. The molecule has 5 N–H and O–H groups in total. The number of rotatable bonds is 2. The fraction of sp³-hybridized carbons (Fsp3) is 1.00. The van der Waals surface area contributed by atoms with E-state index in [0.29, 0.717) is 0 Å². The van der Waals surface area contributed by atoms with Gasteiger partial charge in [0, 0.05) is 0 Å². The fourth-order valence-corrected chi connectivity index (χ4v) is 1.97. The van der Waals surface area contributed by atoms with Gasteiger partial charge in [0.05, 0.1) is 0 Å². The second-order valence-corrected chi connectivity index (χ2v) is 4.78. The van der Waals surface area contributed by atoms with Gasteiger partial charge in [0.25, 0.3) is 10.1 Å². The summed E-state index contributed by atoms with van der Waals surface area (Å²) in [5, 5.41) is 36.5. The maximum absolute atomic E-state index is 10.5. The van der Waals surface area contributed by atoms with E-state index >= 15 is 0 Å². The Morgan fingerprint density at radius 3 is 2.00 bits per heavy atom. The molecule has 0 aromatic rings. The average Bonchev–Trinajstić information content (AvgIpc) is 2.08. The normalized spacial score (nSPS) is 42.9. The van der Waals surface area contributed by atoms with Crippen LogP contribution in [-0.4, -0.2) is 69.9 Å². The van der Waals surface area contributed by atoms with Gasteiger partial charge in [0.2, 0.25) is 0 Å². The lowest BCUT2D eigenvalue weighted by atomic mass is 10.0. The van der Waals surface area contributed by atoms with E-state index in [9.17, 15) is 13.5 Å². The molecule has 8 nitrogen and oxygen atoms in total. The van der Waals surface area contributed by atoms with Crippen LogP contribution in [0.5, 0.6) is 0 Å². The Morgan fingerprint density at radius 1 is 1.00 bits per heavy atom. The van der Waals surface area contributed by atoms with Gasteiger partial charge in [0.1, 0.15) is 30.2 Å². The molecule has 0 bridgehead atoms. The molecule has 0 unspecified atom stereocenters. The van der Waals surface area contributed by atoms with Gasteiger partial charge < -0.3 is 25.2 Å². The summed E-state index contributed by atoms with van der Waals surface area (Å²) in [5.41, 5.74) is 0. The van der Waals surface area contributed by atoms with Crippen LogP contribution in [0.25, 0.3) is 0 Å². The molecule has 9 heteroatoms. The maximum atomic E-state index is 10.5. The maximum Gasteiger partial charge on any atom is 0.267 e. The summed E-state index contributed by atoms with van der Waals surface area (Å²) in [7, 11) is -4.41. The number of hydrogen-bond acceptors (Lipinski definition) is 7. The van der Waals surface area contributed by atoms with Gasteiger partial charge >= 0.3 is 0 Å². The summed E-state index contributed by atoms with van der Waals surface area (Å²) in [6.45, 7) is 0. The molecule has 1 saturated heterocycles. The zero-order chi connectivity index (χ0) is 11.8. The molecule has 0 aromatic carbocycles. The highest BCUT2D eigenvalue weighted by molar-refractivity contribution is 7.85. The summed E-state index contributed by atoms with van der Waals surface area (Å²) in [4.78, 5) is 0. The molecule has 0 radical (unpaired) electrons. The molecule has 1 fully saturated rings. The molecule has 0 spiro atoms. The molecule has 1 aliphatic rings. The third-order valence-corrected chi connectivity index (χ3v) is 2.81. The summed E-state index contributed by atoms with van der Waals surface area (Å²) < 4.78 is 34.0. The average molecular weight is 244 g/mol. The molecule has 1 rings (SSSR count).